The number of hydrogen-bond acceptors (Lipinski definition) is 4. The van der Waals surface area contributed by atoms with Gasteiger partial charge in [-0.05, 0) is 42.4 Å². The number of carbonyl (C=O) groups excluding carboxylic acids is 1. The van der Waals surface area contributed by atoms with Crippen LogP contribution >= 0.6 is 0 Å². The minimum Gasteiger partial charge on any atom is -0.497 e. The van der Waals surface area contributed by atoms with E-state index in [0.29, 0.717) is 18.0 Å². The molecule has 0 heterocycles. The van der Waals surface area contributed by atoms with E-state index in [9.17, 15) is 4.79 Å². The Balaban J connectivity index is 1.90. The van der Waals surface area contributed by atoms with Gasteiger partial charge < -0.3 is 14.8 Å². The Morgan fingerprint density at radius 3 is 2.22 bits per heavy atom. The lowest BCUT2D eigenvalue weighted by Crippen LogP contribution is -2.25. The van der Waals surface area contributed by atoms with Gasteiger partial charge in [0.1, 0.15) is 11.5 Å². The monoisotopic (exact) mass is 370 g/mol. The van der Waals surface area contributed by atoms with E-state index in [0.717, 1.165) is 30.8 Å². The lowest BCUT2D eigenvalue weighted by molar-refractivity contribution is -0.120. The van der Waals surface area contributed by atoms with Gasteiger partial charge >= 0.3 is 0 Å². The summed E-state index contributed by atoms with van der Waals surface area (Å²) in [4.78, 5) is 14.7. The maximum Gasteiger partial charge on any atom is 0.224 e. The molecule has 5 nitrogen and oxygen atoms in total. The molecule has 0 bridgehead atoms. The zero-order valence-corrected chi connectivity index (χ0v) is 16.7. The predicted octanol–water partition coefficient (Wildman–Crippen LogP) is 3.40. The van der Waals surface area contributed by atoms with Crippen molar-refractivity contribution in [3.05, 3.63) is 59.2 Å². The number of nitrogens with one attached hydrogen (secondary N) is 1. The molecule has 146 valence electrons. The second kappa shape index (κ2) is 10.6. The number of carbonyl (C=O) groups is 1. The van der Waals surface area contributed by atoms with Crippen molar-refractivity contribution in [2.24, 2.45) is 0 Å². The molecule has 5 heteroatoms. The van der Waals surface area contributed by atoms with Crippen LogP contribution in [0.4, 0.5) is 0 Å². The third kappa shape index (κ3) is 6.29. The van der Waals surface area contributed by atoms with Crippen LogP contribution in [0.5, 0.6) is 11.5 Å². The minimum atomic E-state index is -0.0474. The number of nitrogens with zero attached hydrogens (tertiary/aromatic N) is 1. The number of ether oxygens (including phenoxy) is 2. The normalized spacial score (nSPS) is 10.7. The van der Waals surface area contributed by atoms with Gasteiger partial charge in [0, 0.05) is 18.7 Å². The Kier molecular flexibility index (Phi) is 8.14. The Hall–Kier alpha value is -2.53. The number of methoxy groups -OCH3 is 2. The third-order valence-corrected chi connectivity index (χ3v) is 4.65. The standard InChI is InChI=1S/C22H30N2O3/c1-5-24(6-2)16-18-9-7-17(8-10-18)15-23-22(25)14-19-13-20(26-3)11-12-21(19)27-4/h7-13H,5-6,14-16H2,1-4H3,(H,23,25). The fourth-order valence-corrected chi connectivity index (χ4v) is 2.92. The van der Waals surface area contributed by atoms with E-state index in [4.69, 9.17) is 9.47 Å². The molecule has 0 atom stereocenters. The van der Waals surface area contributed by atoms with Crippen LogP contribution in [-0.2, 0) is 24.3 Å². The fraction of sp³-hybridized carbons (Fsp3) is 0.409. The van der Waals surface area contributed by atoms with E-state index in [2.05, 4.69) is 48.3 Å². The largest absolute Gasteiger partial charge is 0.497 e. The Morgan fingerprint density at radius 2 is 1.63 bits per heavy atom. The van der Waals surface area contributed by atoms with Crippen molar-refractivity contribution in [2.45, 2.75) is 33.4 Å². The maximum atomic E-state index is 12.3. The molecule has 0 spiro atoms. The molecule has 0 aliphatic heterocycles. The van der Waals surface area contributed by atoms with Crippen molar-refractivity contribution in [3.63, 3.8) is 0 Å². The van der Waals surface area contributed by atoms with Crippen molar-refractivity contribution in [1.29, 1.82) is 0 Å². The average molecular weight is 370 g/mol. The Morgan fingerprint density at radius 1 is 0.963 bits per heavy atom. The summed E-state index contributed by atoms with van der Waals surface area (Å²) in [5.74, 6) is 1.35. The summed E-state index contributed by atoms with van der Waals surface area (Å²) in [6, 6.07) is 13.9. The summed E-state index contributed by atoms with van der Waals surface area (Å²) >= 11 is 0. The van der Waals surface area contributed by atoms with Crippen LogP contribution < -0.4 is 14.8 Å². The first-order chi connectivity index (χ1) is 13.1. The molecule has 0 saturated carbocycles. The summed E-state index contributed by atoms with van der Waals surface area (Å²) in [7, 11) is 3.21. The van der Waals surface area contributed by atoms with E-state index in [1.54, 1.807) is 14.2 Å². The van der Waals surface area contributed by atoms with Gasteiger partial charge in [0.15, 0.2) is 0 Å². The second-order valence-electron chi connectivity index (χ2n) is 6.41. The van der Waals surface area contributed by atoms with Crippen molar-refractivity contribution in [2.75, 3.05) is 27.3 Å². The van der Waals surface area contributed by atoms with E-state index in [1.165, 1.54) is 5.56 Å². The molecular weight excluding hydrogens is 340 g/mol. The van der Waals surface area contributed by atoms with Crippen molar-refractivity contribution in [1.82, 2.24) is 10.2 Å². The fourth-order valence-electron chi connectivity index (χ4n) is 2.92. The van der Waals surface area contributed by atoms with Gasteiger partial charge in [-0.25, -0.2) is 0 Å². The molecule has 0 aromatic heterocycles. The predicted molar refractivity (Wildman–Crippen MR) is 108 cm³/mol. The van der Waals surface area contributed by atoms with Crippen LogP contribution in [0, 0.1) is 0 Å². The first kappa shape index (κ1) is 20.8. The van der Waals surface area contributed by atoms with Crippen LogP contribution in [0.1, 0.15) is 30.5 Å². The molecular formula is C22H30N2O3. The van der Waals surface area contributed by atoms with Crippen molar-refractivity contribution < 1.29 is 14.3 Å². The quantitative estimate of drug-likeness (QED) is 0.696. The zero-order valence-electron chi connectivity index (χ0n) is 16.7. The zero-order chi connectivity index (χ0) is 19.6. The molecule has 2 rings (SSSR count). The molecule has 0 fully saturated rings. The van der Waals surface area contributed by atoms with Gasteiger partial charge in [-0.2, -0.15) is 0 Å². The third-order valence-electron chi connectivity index (χ3n) is 4.65. The van der Waals surface area contributed by atoms with Gasteiger partial charge in [0.05, 0.1) is 20.6 Å². The number of benzene rings is 2. The summed E-state index contributed by atoms with van der Waals surface area (Å²) in [5, 5.41) is 2.97. The maximum absolute atomic E-state index is 12.3. The first-order valence-electron chi connectivity index (χ1n) is 9.37. The smallest absolute Gasteiger partial charge is 0.224 e. The minimum absolute atomic E-state index is 0.0474. The Labute approximate surface area is 162 Å². The van der Waals surface area contributed by atoms with Crippen LogP contribution in [-0.4, -0.2) is 38.1 Å². The summed E-state index contributed by atoms with van der Waals surface area (Å²) < 4.78 is 10.6. The average Bonchev–Trinajstić information content (AvgIpc) is 2.71. The number of amides is 1. The van der Waals surface area contributed by atoms with Crippen LogP contribution in [0.25, 0.3) is 0 Å². The lowest BCUT2D eigenvalue weighted by atomic mass is 10.1. The van der Waals surface area contributed by atoms with Crippen LogP contribution in [0.3, 0.4) is 0 Å². The highest BCUT2D eigenvalue weighted by Crippen LogP contribution is 2.24. The van der Waals surface area contributed by atoms with Gasteiger partial charge in [-0.3, -0.25) is 9.69 Å². The highest BCUT2D eigenvalue weighted by Gasteiger charge is 2.10. The summed E-state index contributed by atoms with van der Waals surface area (Å²) in [6.45, 7) is 7.89. The van der Waals surface area contributed by atoms with E-state index in [-0.39, 0.29) is 12.3 Å². The van der Waals surface area contributed by atoms with Gasteiger partial charge in [0.25, 0.3) is 0 Å². The Bertz CT molecular complexity index is 725. The number of rotatable bonds is 10. The van der Waals surface area contributed by atoms with E-state index < -0.39 is 0 Å². The molecule has 0 saturated heterocycles. The van der Waals surface area contributed by atoms with Gasteiger partial charge in [-0.15, -0.1) is 0 Å². The second-order valence-corrected chi connectivity index (χ2v) is 6.41. The van der Waals surface area contributed by atoms with E-state index in [1.807, 2.05) is 18.2 Å². The van der Waals surface area contributed by atoms with Gasteiger partial charge in [0.2, 0.25) is 5.91 Å². The summed E-state index contributed by atoms with van der Waals surface area (Å²) in [6.07, 6.45) is 0.250. The van der Waals surface area contributed by atoms with Crippen molar-refractivity contribution >= 4 is 5.91 Å². The molecule has 27 heavy (non-hydrogen) atoms. The van der Waals surface area contributed by atoms with Crippen molar-refractivity contribution in [3.8, 4) is 11.5 Å². The van der Waals surface area contributed by atoms with Crippen LogP contribution in [0.2, 0.25) is 0 Å². The highest BCUT2D eigenvalue weighted by atomic mass is 16.5. The topological polar surface area (TPSA) is 50.8 Å². The molecule has 0 radical (unpaired) electrons. The van der Waals surface area contributed by atoms with Crippen LogP contribution in [0.15, 0.2) is 42.5 Å². The SMILES string of the molecule is CCN(CC)Cc1ccc(CNC(=O)Cc2cc(OC)ccc2OC)cc1. The molecule has 2 aromatic carbocycles. The van der Waals surface area contributed by atoms with E-state index >= 15 is 0 Å². The molecule has 2 aromatic rings. The summed E-state index contributed by atoms with van der Waals surface area (Å²) in [5.41, 5.74) is 3.18. The molecule has 0 unspecified atom stereocenters. The molecule has 0 aliphatic rings. The number of hydrogen-bond donors (Lipinski definition) is 1. The first-order valence-corrected chi connectivity index (χ1v) is 9.37. The molecule has 1 N–H and O–H groups in total. The molecule has 1 amide bonds. The highest BCUT2D eigenvalue weighted by molar-refractivity contribution is 5.79. The van der Waals surface area contributed by atoms with Gasteiger partial charge in [-0.1, -0.05) is 38.1 Å². The lowest BCUT2D eigenvalue weighted by Gasteiger charge is -2.18. The molecule has 0 aliphatic carbocycles.